The Morgan fingerprint density at radius 2 is 1.93 bits per heavy atom. The van der Waals surface area contributed by atoms with Crippen molar-refractivity contribution in [3.05, 3.63) is 0 Å². The van der Waals surface area contributed by atoms with E-state index in [0.29, 0.717) is 6.42 Å². The van der Waals surface area contributed by atoms with E-state index in [1.54, 1.807) is 0 Å². The minimum absolute atomic E-state index is 0.115. The van der Waals surface area contributed by atoms with Crippen LogP contribution in [-0.2, 0) is 9.47 Å². The van der Waals surface area contributed by atoms with Crippen molar-refractivity contribution < 1.29 is 14.6 Å². The average Bonchev–Trinajstić information content (AvgIpc) is 1.99. The van der Waals surface area contributed by atoms with Crippen molar-refractivity contribution in [1.29, 1.82) is 0 Å². The van der Waals surface area contributed by atoms with Crippen LogP contribution in [-0.4, -0.2) is 29.2 Å². The summed E-state index contributed by atoms with van der Waals surface area (Å²) in [5.41, 5.74) is 0. The lowest BCUT2D eigenvalue weighted by Gasteiger charge is -2.46. The molecule has 0 radical (unpaired) electrons. The normalized spacial score (nSPS) is 49.5. The summed E-state index contributed by atoms with van der Waals surface area (Å²) in [7, 11) is 0. The van der Waals surface area contributed by atoms with Gasteiger partial charge in [-0.1, -0.05) is 0 Å². The lowest BCUT2D eigenvalue weighted by Crippen LogP contribution is -2.50. The van der Waals surface area contributed by atoms with E-state index in [1.807, 2.05) is 6.92 Å². The van der Waals surface area contributed by atoms with E-state index in [-0.39, 0.29) is 18.3 Å². The number of hydrogen-bond acceptors (Lipinski definition) is 3. The van der Waals surface area contributed by atoms with Crippen molar-refractivity contribution in [2.75, 3.05) is 0 Å². The van der Waals surface area contributed by atoms with Crippen LogP contribution in [0.4, 0.5) is 0 Å². The first-order valence-corrected chi connectivity index (χ1v) is 5.63. The van der Waals surface area contributed by atoms with Crippen LogP contribution in [0.5, 0.6) is 0 Å². The van der Waals surface area contributed by atoms with Crippen LogP contribution in [0, 0.1) is 0 Å². The molecule has 2 aliphatic rings. The molecule has 1 N–H and O–H groups in total. The van der Waals surface area contributed by atoms with Gasteiger partial charge in [-0.3, -0.25) is 0 Å². The summed E-state index contributed by atoms with van der Waals surface area (Å²) in [6, 6.07) is 0. The predicted molar refractivity (Wildman–Crippen MR) is 52.9 cm³/mol. The molecule has 4 atom stereocenters. The second-order valence-corrected chi connectivity index (χ2v) is 4.75. The molecule has 2 fully saturated rings. The lowest BCUT2D eigenvalue weighted by molar-refractivity contribution is -0.321. The summed E-state index contributed by atoms with van der Waals surface area (Å²) < 4.78 is 11.7. The van der Waals surface area contributed by atoms with E-state index in [0.717, 1.165) is 25.7 Å². The smallest absolute Gasteiger partial charge is 0.171 e. The summed E-state index contributed by atoms with van der Waals surface area (Å²) in [6.07, 6.45) is 4.67. The third kappa shape index (κ3) is 2.10. The summed E-state index contributed by atoms with van der Waals surface area (Å²) in [4.78, 5) is 0. The van der Waals surface area contributed by atoms with E-state index in [2.05, 4.69) is 6.92 Å². The van der Waals surface area contributed by atoms with Gasteiger partial charge in [0, 0.05) is 12.8 Å². The van der Waals surface area contributed by atoms with Crippen molar-refractivity contribution >= 4 is 0 Å². The van der Waals surface area contributed by atoms with Crippen molar-refractivity contribution in [2.45, 2.75) is 70.1 Å². The Labute approximate surface area is 85.4 Å². The van der Waals surface area contributed by atoms with E-state index in [4.69, 9.17) is 9.47 Å². The van der Waals surface area contributed by atoms with E-state index < -0.39 is 5.79 Å². The highest BCUT2D eigenvalue weighted by molar-refractivity contribution is 4.85. The molecule has 2 saturated heterocycles. The highest BCUT2D eigenvalue weighted by atomic mass is 16.7. The molecule has 0 unspecified atom stereocenters. The molecular formula is C11H20O3. The number of aliphatic hydroxyl groups excluding tert-OH is 1. The minimum Gasteiger partial charge on any atom is -0.393 e. The Kier molecular flexibility index (Phi) is 2.82. The Morgan fingerprint density at radius 3 is 2.57 bits per heavy atom. The minimum atomic E-state index is -0.477. The predicted octanol–water partition coefficient (Wildman–Crippen LogP) is 1.83. The van der Waals surface area contributed by atoms with Gasteiger partial charge in [-0.15, -0.1) is 0 Å². The van der Waals surface area contributed by atoms with E-state index >= 15 is 0 Å². The fourth-order valence-electron chi connectivity index (χ4n) is 2.67. The van der Waals surface area contributed by atoms with Crippen LogP contribution in [0.2, 0.25) is 0 Å². The molecule has 0 aliphatic carbocycles. The molecule has 2 heterocycles. The molecule has 0 amide bonds. The molecule has 2 rings (SSSR count). The zero-order valence-corrected chi connectivity index (χ0v) is 9.03. The van der Waals surface area contributed by atoms with Crippen molar-refractivity contribution in [1.82, 2.24) is 0 Å². The first-order valence-electron chi connectivity index (χ1n) is 5.63. The first kappa shape index (κ1) is 10.4. The summed E-state index contributed by atoms with van der Waals surface area (Å²) in [5.74, 6) is -0.477. The van der Waals surface area contributed by atoms with Gasteiger partial charge in [-0.05, 0) is 33.1 Å². The fraction of sp³-hybridized carbons (Fsp3) is 1.00. The van der Waals surface area contributed by atoms with Gasteiger partial charge in [0.25, 0.3) is 0 Å². The third-order valence-corrected chi connectivity index (χ3v) is 3.15. The van der Waals surface area contributed by atoms with Gasteiger partial charge < -0.3 is 14.6 Å². The van der Waals surface area contributed by atoms with Gasteiger partial charge in [0.15, 0.2) is 5.79 Å². The third-order valence-electron chi connectivity index (χ3n) is 3.15. The molecular weight excluding hydrogens is 180 g/mol. The Morgan fingerprint density at radius 1 is 1.21 bits per heavy atom. The lowest BCUT2D eigenvalue weighted by atomic mass is 9.92. The van der Waals surface area contributed by atoms with Crippen molar-refractivity contribution in [3.63, 3.8) is 0 Å². The maximum atomic E-state index is 9.72. The van der Waals surface area contributed by atoms with Crippen LogP contribution in [0.15, 0.2) is 0 Å². The van der Waals surface area contributed by atoms with Gasteiger partial charge in [0.1, 0.15) is 0 Å². The van der Waals surface area contributed by atoms with E-state index in [9.17, 15) is 5.11 Å². The standard InChI is InChI=1S/C11H20O3/c1-8-4-3-5-11(13-8)7-10(12)6-9(2)14-11/h8-10,12H,3-7H2,1-2H3/t8-,9-,10-,11+/m0/s1. The Balaban J connectivity index is 2.05. The van der Waals surface area contributed by atoms with Crippen molar-refractivity contribution in [2.24, 2.45) is 0 Å². The summed E-state index contributed by atoms with van der Waals surface area (Å²) in [6.45, 7) is 4.09. The zero-order chi connectivity index (χ0) is 10.2. The number of rotatable bonds is 0. The quantitative estimate of drug-likeness (QED) is 0.648. The molecule has 0 bridgehead atoms. The summed E-state index contributed by atoms with van der Waals surface area (Å²) >= 11 is 0. The topological polar surface area (TPSA) is 38.7 Å². The van der Waals surface area contributed by atoms with Crippen LogP contribution < -0.4 is 0 Å². The maximum absolute atomic E-state index is 9.72. The fourth-order valence-corrected chi connectivity index (χ4v) is 2.67. The first-order chi connectivity index (χ1) is 6.60. The summed E-state index contributed by atoms with van der Waals surface area (Å²) in [5, 5.41) is 9.72. The largest absolute Gasteiger partial charge is 0.393 e. The SMILES string of the molecule is C[C@H]1CCC[C@@]2(C[C@@H](O)C[C@H](C)O2)O1. The Bertz CT molecular complexity index is 189. The van der Waals surface area contributed by atoms with Gasteiger partial charge in [0.2, 0.25) is 0 Å². The van der Waals surface area contributed by atoms with Gasteiger partial charge >= 0.3 is 0 Å². The van der Waals surface area contributed by atoms with Crippen LogP contribution in [0.3, 0.4) is 0 Å². The molecule has 0 saturated carbocycles. The monoisotopic (exact) mass is 200 g/mol. The second kappa shape index (κ2) is 3.80. The molecule has 0 aromatic rings. The second-order valence-electron chi connectivity index (χ2n) is 4.75. The molecule has 0 aromatic heterocycles. The maximum Gasteiger partial charge on any atom is 0.171 e. The van der Waals surface area contributed by atoms with E-state index in [1.165, 1.54) is 0 Å². The van der Waals surface area contributed by atoms with Gasteiger partial charge in [0.05, 0.1) is 18.3 Å². The number of ether oxygens (including phenoxy) is 2. The highest BCUT2D eigenvalue weighted by Crippen LogP contribution is 2.38. The van der Waals surface area contributed by atoms with Crippen LogP contribution in [0.25, 0.3) is 0 Å². The molecule has 3 nitrogen and oxygen atoms in total. The van der Waals surface area contributed by atoms with Crippen molar-refractivity contribution in [3.8, 4) is 0 Å². The Hall–Kier alpha value is -0.120. The zero-order valence-electron chi connectivity index (χ0n) is 9.03. The van der Waals surface area contributed by atoms with Crippen LogP contribution in [0.1, 0.15) is 46.0 Å². The molecule has 14 heavy (non-hydrogen) atoms. The molecule has 0 aromatic carbocycles. The molecule has 1 spiro atoms. The van der Waals surface area contributed by atoms with Gasteiger partial charge in [-0.25, -0.2) is 0 Å². The van der Waals surface area contributed by atoms with Gasteiger partial charge in [-0.2, -0.15) is 0 Å². The number of hydrogen-bond donors (Lipinski definition) is 1. The molecule has 3 heteroatoms. The molecule has 2 aliphatic heterocycles. The molecule has 82 valence electrons. The highest BCUT2D eigenvalue weighted by Gasteiger charge is 2.43. The van der Waals surface area contributed by atoms with Crippen LogP contribution >= 0.6 is 0 Å². The number of aliphatic hydroxyl groups is 1. The average molecular weight is 200 g/mol.